The van der Waals surface area contributed by atoms with Crippen LogP contribution >= 0.6 is 11.6 Å². The Labute approximate surface area is 191 Å². The molecule has 32 heavy (non-hydrogen) atoms. The molecule has 0 aliphatic carbocycles. The number of piperidine rings is 1. The predicted octanol–water partition coefficient (Wildman–Crippen LogP) is 4.51. The topological polar surface area (TPSA) is 79.8 Å². The van der Waals surface area contributed by atoms with Gasteiger partial charge in [0, 0.05) is 41.3 Å². The minimum Gasteiger partial charge on any atom is -0.444 e. The van der Waals surface area contributed by atoms with Crippen molar-refractivity contribution in [2.24, 2.45) is 0 Å². The molecule has 2 aliphatic heterocycles. The molecular formula is C23H22ClN3O4S. The minimum absolute atomic E-state index is 0.144. The molecule has 0 unspecified atom stereocenters. The van der Waals surface area contributed by atoms with E-state index in [-0.39, 0.29) is 17.5 Å². The fraction of sp³-hybridized carbons (Fsp3) is 0.304. The Kier molecular flexibility index (Phi) is 5.31. The zero-order valence-corrected chi connectivity index (χ0v) is 19.1. The highest BCUT2D eigenvalue weighted by Crippen LogP contribution is 2.36. The molecule has 1 fully saturated rings. The van der Waals surface area contributed by atoms with Crippen molar-refractivity contribution in [2.75, 3.05) is 18.0 Å². The van der Waals surface area contributed by atoms with Gasteiger partial charge in [-0.25, -0.2) is 13.2 Å². The van der Waals surface area contributed by atoms with Gasteiger partial charge < -0.3 is 4.74 Å². The molecule has 5 rings (SSSR count). The lowest BCUT2D eigenvalue weighted by atomic mass is 10.0. The number of para-hydroxylation sites is 1. The number of carbonyl (C=O) groups excluding carboxylic acids is 1. The zero-order valence-electron chi connectivity index (χ0n) is 17.5. The fourth-order valence-corrected chi connectivity index (χ4v) is 6.35. The third-order valence-electron chi connectivity index (χ3n) is 6.11. The SMILES string of the molecule is Cc1cnc2c(S(=O)(=O)N3CCC(N4C(=O)OCc5c(Cl)cccc54)CC3)cccc2c1. The van der Waals surface area contributed by atoms with Crippen LogP contribution in [0.1, 0.15) is 24.0 Å². The highest BCUT2D eigenvalue weighted by atomic mass is 35.5. The number of carbonyl (C=O) groups is 1. The Morgan fingerprint density at radius 3 is 2.66 bits per heavy atom. The van der Waals surface area contributed by atoms with Gasteiger partial charge in [0.2, 0.25) is 10.0 Å². The highest BCUT2D eigenvalue weighted by Gasteiger charge is 2.38. The van der Waals surface area contributed by atoms with Crippen LogP contribution in [0.3, 0.4) is 0 Å². The average Bonchev–Trinajstić information content (AvgIpc) is 2.78. The van der Waals surface area contributed by atoms with Gasteiger partial charge in [0.25, 0.3) is 0 Å². The summed E-state index contributed by atoms with van der Waals surface area (Å²) >= 11 is 6.29. The number of nitrogens with zero attached hydrogens (tertiary/aromatic N) is 3. The predicted molar refractivity (Wildman–Crippen MR) is 122 cm³/mol. The number of fused-ring (bicyclic) bond motifs is 2. The summed E-state index contributed by atoms with van der Waals surface area (Å²) in [4.78, 5) is 18.8. The van der Waals surface area contributed by atoms with E-state index < -0.39 is 16.1 Å². The summed E-state index contributed by atoms with van der Waals surface area (Å²) in [6, 6.07) is 12.4. The number of anilines is 1. The summed E-state index contributed by atoms with van der Waals surface area (Å²) in [5.74, 6) is 0. The Balaban J connectivity index is 1.40. The second-order valence-electron chi connectivity index (χ2n) is 8.14. The van der Waals surface area contributed by atoms with Gasteiger partial charge in [-0.05, 0) is 49.6 Å². The lowest BCUT2D eigenvalue weighted by molar-refractivity contribution is 0.136. The van der Waals surface area contributed by atoms with Crippen LogP contribution in [-0.4, -0.2) is 42.9 Å². The van der Waals surface area contributed by atoms with Crippen molar-refractivity contribution >= 4 is 44.3 Å². The number of hydrogen-bond donors (Lipinski definition) is 0. The molecule has 3 aromatic rings. The second-order valence-corrected chi connectivity index (χ2v) is 10.5. The molecule has 0 radical (unpaired) electrons. The number of benzene rings is 2. The molecular weight excluding hydrogens is 450 g/mol. The normalized spacial score (nSPS) is 17.9. The quantitative estimate of drug-likeness (QED) is 0.561. The number of hydrogen-bond acceptors (Lipinski definition) is 5. The number of sulfonamides is 1. The maximum Gasteiger partial charge on any atom is 0.414 e. The van der Waals surface area contributed by atoms with E-state index in [9.17, 15) is 13.2 Å². The van der Waals surface area contributed by atoms with Crippen LogP contribution in [0.5, 0.6) is 0 Å². The first-order valence-corrected chi connectivity index (χ1v) is 12.3. The van der Waals surface area contributed by atoms with Gasteiger partial charge in [0.1, 0.15) is 11.5 Å². The molecule has 7 nitrogen and oxygen atoms in total. The van der Waals surface area contributed by atoms with Gasteiger partial charge in [-0.2, -0.15) is 4.31 Å². The molecule has 2 aromatic carbocycles. The molecule has 1 saturated heterocycles. The monoisotopic (exact) mass is 471 g/mol. The minimum atomic E-state index is -3.72. The van der Waals surface area contributed by atoms with E-state index in [1.165, 1.54) is 4.31 Å². The number of ether oxygens (including phenoxy) is 1. The van der Waals surface area contributed by atoms with Crippen molar-refractivity contribution in [3.8, 4) is 0 Å². The average molecular weight is 472 g/mol. The van der Waals surface area contributed by atoms with E-state index in [2.05, 4.69) is 4.98 Å². The van der Waals surface area contributed by atoms with Crippen molar-refractivity contribution < 1.29 is 17.9 Å². The van der Waals surface area contributed by atoms with E-state index in [1.807, 2.05) is 31.2 Å². The third-order valence-corrected chi connectivity index (χ3v) is 8.39. The van der Waals surface area contributed by atoms with E-state index in [4.69, 9.17) is 16.3 Å². The van der Waals surface area contributed by atoms with Crippen molar-refractivity contribution in [3.63, 3.8) is 0 Å². The standard InChI is InChI=1S/C23H22ClN3O4S/c1-15-12-16-4-2-7-21(22(16)25-13-15)32(29,30)26-10-8-17(9-11-26)27-20-6-3-5-19(24)18(20)14-31-23(27)28/h2-7,12-13,17H,8-11,14H2,1H3. The van der Waals surface area contributed by atoms with Crippen LogP contribution in [0.15, 0.2) is 53.6 Å². The molecule has 1 aromatic heterocycles. The summed E-state index contributed by atoms with van der Waals surface area (Å²) < 4.78 is 33.7. The number of pyridine rings is 1. The van der Waals surface area contributed by atoms with E-state index in [1.54, 1.807) is 29.3 Å². The van der Waals surface area contributed by atoms with Gasteiger partial charge in [-0.1, -0.05) is 29.8 Å². The van der Waals surface area contributed by atoms with E-state index >= 15 is 0 Å². The molecule has 0 bridgehead atoms. The fourth-order valence-electron chi connectivity index (χ4n) is 4.49. The summed E-state index contributed by atoms with van der Waals surface area (Å²) in [6.45, 7) is 2.67. The molecule has 9 heteroatoms. The number of amides is 1. The summed E-state index contributed by atoms with van der Waals surface area (Å²) in [7, 11) is -3.72. The van der Waals surface area contributed by atoms with E-state index in [0.717, 1.165) is 22.2 Å². The van der Waals surface area contributed by atoms with Crippen LogP contribution in [0.4, 0.5) is 10.5 Å². The summed E-state index contributed by atoms with van der Waals surface area (Å²) in [5, 5.41) is 1.35. The van der Waals surface area contributed by atoms with Crippen LogP contribution < -0.4 is 4.90 Å². The molecule has 166 valence electrons. The highest BCUT2D eigenvalue weighted by molar-refractivity contribution is 7.89. The second kappa shape index (κ2) is 8.03. The van der Waals surface area contributed by atoms with Crippen LogP contribution in [0.25, 0.3) is 10.9 Å². The van der Waals surface area contributed by atoms with Gasteiger partial charge in [-0.3, -0.25) is 9.88 Å². The maximum atomic E-state index is 13.4. The number of aryl methyl sites for hydroxylation is 1. The van der Waals surface area contributed by atoms with Gasteiger partial charge >= 0.3 is 6.09 Å². The Bertz CT molecular complexity index is 1320. The molecule has 1 amide bonds. The summed E-state index contributed by atoms with van der Waals surface area (Å²) in [5.41, 5.74) is 2.97. The summed E-state index contributed by atoms with van der Waals surface area (Å²) in [6.07, 6.45) is 2.25. The zero-order chi connectivity index (χ0) is 22.5. The van der Waals surface area contributed by atoms with Crippen LogP contribution in [0.2, 0.25) is 5.02 Å². The molecule has 0 spiro atoms. The molecule has 2 aliphatic rings. The van der Waals surface area contributed by atoms with Crippen molar-refractivity contribution in [1.82, 2.24) is 9.29 Å². The number of aromatic nitrogens is 1. The first-order valence-electron chi connectivity index (χ1n) is 10.4. The molecule has 0 atom stereocenters. The van der Waals surface area contributed by atoms with Gasteiger partial charge in [0.05, 0.1) is 11.2 Å². The van der Waals surface area contributed by atoms with Gasteiger partial charge in [-0.15, -0.1) is 0 Å². The Hall–Kier alpha value is -2.68. The number of cyclic esters (lactones) is 1. The number of rotatable bonds is 3. The van der Waals surface area contributed by atoms with Crippen molar-refractivity contribution in [1.29, 1.82) is 0 Å². The Morgan fingerprint density at radius 1 is 1.12 bits per heavy atom. The molecule has 0 N–H and O–H groups in total. The smallest absolute Gasteiger partial charge is 0.414 e. The molecule has 3 heterocycles. The first-order chi connectivity index (χ1) is 15.4. The number of halogens is 1. The molecule has 0 saturated carbocycles. The van der Waals surface area contributed by atoms with Crippen LogP contribution in [-0.2, 0) is 21.4 Å². The third kappa shape index (κ3) is 3.52. The lowest BCUT2D eigenvalue weighted by Gasteiger charge is -2.40. The van der Waals surface area contributed by atoms with Crippen molar-refractivity contribution in [2.45, 2.75) is 37.3 Å². The van der Waals surface area contributed by atoms with Crippen LogP contribution in [0, 0.1) is 6.92 Å². The largest absolute Gasteiger partial charge is 0.444 e. The first kappa shape index (κ1) is 21.2. The van der Waals surface area contributed by atoms with Crippen molar-refractivity contribution in [3.05, 3.63) is 64.8 Å². The van der Waals surface area contributed by atoms with E-state index in [0.29, 0.717) is 36.5 Å². The Morgan fingerprint density at radius 2 is 1.88 bits per heavy atom. The van der Waals surface area contributed by atoms with Gasteiger partial charge in [0.15, 0.2) is 0 Å². The maximum absolute atomic E-state index is 13.4. The lowest BCUT2D eigenvalue weighted by Crippen LogP contribution is -2.50.